The van der Waals surface area contributed by atoms with Crippen molar-refractivity contribution in [3.8, 4) is 0 Å². The molecule has 1 N–H and O–H groups in total. The van der Waals surface area contributed by atoms with Gasteiger partial charge in [-0.2, -0.15) is 0 Å². The normalized spacial score (nSPS) is 8.96. The highest BCUT2D eigenvalue weighted by Crippen LogP contribution is 1.99. The molecule has 0 atom stereocenters. The van der Waals surface area contributed by atoms with Gasteiger partial charge >= 0.3 is 0 Å². The number of nitrogens with one attached hydrogen (secondary N) is 1. The zero-order chi connectivity index (χ0) is 18.9. The van der Waals surface area contributed by atoms with Gasteiger partial charge in [0, 0.05) is 26.5 Å². The second-order valence-corrected chi connectivity index (χ2v) is 4.53. The van der Waals surface area contributed by atoms with Crippen molar-refractivity contribution >= 4 is 0 Å². The van der Waals surface area contributed by atoms with E-state index in [9.17, 15) is 0 Å². The van der Waals surface area contributed by atoms with Crippen LogP contribution in [-0.4, -0.2) is 41.8 Å². The summed E-state index contributed by atoms with van der Waals surface area (Å²) in [6.45, 7) is 16.1. The van der Waals surface area contributed by atoms with Crippen molar-refractivity contribution in [1.82, 2.24) is 20.3 Å². The molecule has 5 heteroatoms. The molecule has 1 heterocycles. The molecule has 24 heavy (non-hydrogen) atoms. The quantitative estimate of drug-likeness (QED) is 0.546. The number of rotatable bonds is 12. The summed E-state index contributed by atoms with van der Waals surface area (Å²) in [4.78, 5) is 0. The average Bonchev–Trinajstić information content (AvgIpc) is 3.18. The predicted octanol–water partition coefficient (Wildman–Crippen LogP) is 4.93. The minimum absolute atomic E-state index is 0.899. The van der Waals surface area contributed by atoms with Gasteiger partial charge in [-0.1, -0.05) is 59.6 Å². The molecule has 0 spiro atoms. The van der Waals surface area contributed by atoms with Crippen LogP contribution in [0.15, 0.2) is 12.4 Å². The van der Waals surface area contributed by atoms with E-state index in [0.717, 1.165) is 32.7 Å². The first-order chi connectivity index (χ1) is 11.9. The Balaban J connectivity index is -0.000000659. The van der Waals surface area contributed by atoms with Gasteiger partial charge in [-0.3, -0.25) is 4.68 Å². The van der Waals surface area contributed by atoms with E-state index in [1.54, 1.807) is 13.3 Å². The first-order valence-electron chi connectivity index (χ1n) is 9.97. The SMILES string of the molecule is CC.CC.CC.COCCCCCCNCCCCn1ccnn1. The Morgan fingerprint density at radius 2 is 1.42 bits per heavy atom. The number of unbranched alkanes of at least 4 members (excludes halogenated alkanes) is 4. The molecule has 0 aromatic carbocycles. The van der Waals surface area contributed by atoms with Crippen LogP contribution in [0.5, 0.6) is 0 Å². The van der Waals surface area contributed by atoms with Crippen molar-refractivity contribution in [1.29, 1.82) is 0 Å². The number of ether oxygens (including phenoxy) is 1. The lowest BCUT2D eigenvalue weighted by Crippen LogP contribution is -2.17. The monoisotopic (exact) mass is 344 g/mol. The van der Waals surface area contributed by atoms with Gasteiger partial charge in [-0.25, -0.2) is 0 Å². The second kappa shape index (κ2) is 30.0. The summed E-state index contributed by atoms with van der Waals surface area (Å²) in [7, 11) is 1.76. The van der Waals surface area contributed by atoms with Gasteiger partial charge in [0.05, 0.1) is 6.20 Å². The van der Waals surface area contributed by atoms with Gasteiger partial charge in [0.2, 0.25) is 0 Å². The Bertz CT molecular complexity index is 266. The fourth-order valence-corrected chi connectivity index (χ4v) is 1.85. The number of aryl methyl sites for hydroxylation is 1. The maximum atomic E-state index is 5.02. The lowest BCUT2D eigenvalue weighted by Gasteiger charge is -2.05. The van der Waals surface area contributed by atoms with E-state index in [-0.39, 0.29) is 0 Å². The Labute approximate surface area is 151 Å². The fourth-order valence-electron chi connectivity index (χ4n) is 1.85. The van der Waals surface area contributed by atoms with E-state index in [1.165, 1.54) is 32.1 Å². The Morgan fingerprint density at radius 1 is 0.833 bits per heavy atom. The molecule has 146 valence electrons. The van der Waals surface area contributed by atoms with Crippen LogP contribution in [0, 0.1) is 0 Å². The van der Waals surface area contributed by atoms with Crippen molar-refractivity contribution in [2.45, 2.75) is 86.6 Å². The van der Waals surface area contributed by atoms with Crippen molar-refractivity contribution in [2.75, 3.05) is 26.8 Å². The average molecular weight is 345 g/mol. The maximum Gasteiger partial charge on any atom is 0.0692 e. The summed E-state index contributed by atoms with van der Waals surface area (Å²) >= 11 is 0. The van der Waals surface area contributed by atoms with Gasteiger partial charge in [0.1, 0.15) is 0 Å². The molecular weight excluding hydrogens is 300 g/mol. The van der Waals surface area contributed by atoms with Crippen LogP contribution in [0.2, 0.25) is 0 Å². The minimum atomic E-state index is 0.899. The van der Waals surface area contributed by atoms with E-state index in [2.05, 4.69) is 15.6 Å². The molecule has 0 aliphatic heterocycles. The summed E-state index contributed by atoms with van der Waals surface area (Å²) in [5, 5.41) is 11.2. The van der Waals surface area contributed by atoms with Crippen molar-refractivity contribution < 1.29 is 4.74 Å². The molecule has 0 saturated heterocycles. The van der Waals surface area contributed by atoms with Crippen molar-refractivity contribution in [3.63, 3.8) is 0 Å². The molecule has 0 unspecified atom stereocenters. The molecule has 0 fully saturated rings. The van der Waals surface area contributed by atoms with Crippen LogP contribution in [0.3, 0.4) is 0 Å². The highest BCUT2D eigenvalue weighted by atomic mass is 16.5. The van der Waals surface area contributed by atoms with E-state index in [0.29, 0.717) is 0 Å². The first kappa shape index (κ1) is 27.9. The highest BCUT2D eigenvalue weighted by Gasteiger charge is 1.93. The lowest BCUT2D eigenvalue weighted by molar-refractivity contribution is 0.192. The van der Waals surface area contributed by atoms with Gasteiger partial charge < -0.3 is 10.1 Å². The van der Waals surface area contributed by atoms with Gasteiger partial charge in [0.25, 0.3) is 0 Å². The van der Waals surface area contributed by atoms with Gasteiger partial charge in [-0.15, -0.1) is 5.10 Å². The molecular formula is C19H44N4O. The molecule has 0 saturated carbocycles. The van der Waals surface area contributed by atoms with E-state index in [1.807, 2.05) is 52.4 Å². The fraction of sp³-hybridized carbons (Fsp3) is 0.895. The number of nitrogens with zero attached hydrogens (tertiary/aromatic N) is 3. The van der Waals surface area contributed by atoms with Gasteiger partial charge in [0.15, 0.2) is 0 Å². The Morgan fingerprint density at radius 3 is 1.96 bits per heavy atom. The number of hydrogen-bond acceptors (Lipinski definition) is 4. The van der Waals surface area contributed by atoms with Crippen LogP contribution in [-0.2, 0) is 11.3 Å². The second-order valence-electron chi connectivity index (χ2n) is 4.53. The molecule has 0 aliphatic rings. The van der Waals surface area contributed by atoms with Crippen LogP contribution in [0.25, 0.3) is 0 Å². The van der Waals surface area contributed by atoms with Crippen molar-refractivity contribution in [2.24, 2.45) is 0 Å². The third kappa shape index (κ3) is 23.3. The van der Waals surface area contributed by atoms with Crippen LogP contribution in [0.1, 0.15) is 80.1 Å². The highest BCUT2D eigenvalue weighted by molar-refractivity contribution is 4.63. The molecule has 1 rings (SSSR count). The number of methoxy groups -OCH3 is 1. The summed E-state index contributed by atoms with van der Waals surface area (Å²) < 4.78 is 6.90. The molecule has 0 amide bonds. The maximum absolute atomic E-state index is 5.02. The largest absolute Gasteiger partial charge is 0.385 e. The molecule has 0 radical (unpaired) electrons. The van der Waals surface area contributed by atoms with Crippen molar-refractivity contribution in [3.05, 3.63) is 12.4 Å². The van der Waals surface area contributed by atoms with Crippen LogP contribution >= 0.6 is 0 Å². The zero-order valence-corrected chi connectivity index (χ0v) is 17.5. The summed E-state index contributed by atoms with van der Waals surface area (Å²) in [5.74, 6) is 0. The van der Waals surface area contributed by atoms with Gasteiger partial charge in [-0.05, 0) is 38.8 Å². The van der Waals surface area contributed by atoms with E-state index >= 15 is 0 Å². The standard InChI is InChI=1S/C13H26N4O.3C2H6/c1-18-13-7-3-2-4-8-14-9-5-6-11-17-12-10-15-16-17;3*1-2/h10,12,14H,2-9,11,13H2,1H3;3*1-2H3. The summed E-state index contributed by atoms with van der Waals surface area (Å²) in [6, 6.07) is 0. The third-order valence-electron chi connectivity index (χ3n) is 2.91. The molecule has 0 aliphatic carbocycles. The third-order valence-corrected chi connectivity index (χ3v) is 2.91. The predicted molar refractivity (Wildman–Crippen MR) is 107 cm³/mol. The van der Waals surface area contributed by atoms with E-state index < -0.39 is 0 Å². The Hall–Kier alpha value is -0.940. The van der Waals surface area contributed by atoms with Crippen LogP contribution in [0.4, 0.5) is 0 Å². The Kier molecular flexibility index (Phi) is 34.9. The summed E-state index contributed by atoms with van der Waals surface area (Å²) in [6.07, 6.45) is 11.0. The molecule has 1 aromatic heterocycles. The smallest absolute Gasteiger partial charge is 0.0692 e. The minimum Gasteiger partial charge on any atom is -0.385 e. The molecule has 0 bridgehead atoms. The number of hydrogen-bond donors (Lipinski definition) is 1. The zero-order valence-electron chi connectivity index (χ0n) is 17.5. The molecule has 5 nitrogen and oxygen atoms in total. The number of aromatic nitrogens is 3. The molecule has 1 aromatic rings. The first-order valence-corrected chi connectivity index (χ1v) is 9.97. The summed E-state index contributed by atoms with van der Waals surface area (Å²) in [5.41, 5.74) is 0. The lowest BCUT2D eigenvalue weighted by atomic mass is 10.2. The van der Waals surface area contributed by atoms with Crippen LogP contribution < -0.4 is 5.32 Å². The van der Waals surface area contributed by atoms with E-state index in [4.69, 9.17) is 4.74 Å². The topological polar surface area (TPSA) is 52.0 Å².